The van der Waals surface area contributed by atoms with Gasteiger partial charge in [0.05, 0.1) is 6.61 Å². The molecule has 2 aliphatic rings. The van der Waals surface area contributed by atoms with E-state index in [0.717, 1.165) is 38.6 Å². The Morgan fingerprint density at radius 3 is 2.83 bits per heavy atom. The predicted octanol–water partition coefficient (Wildman–Crippen LogP) is 0.493. The summed E-state index contributed by atoms with van der Waals surface area (Å²) in [6.07, 6.45) is 5.61. The first kappa shape index (κ1) is 13.6. The fraction of sp³-hybridized carbons (Fsp3) is 0.923. The largest absolute Gasteiger partial charge is 0.396 e. The second-order valence-electron chi connectivity index (χ2n) is 5.47. The van der Waals surface area contributed by atoms with E-state index in [0.29, 0.717) is 6.04 Å². The highest BCUT2D eigenvalue weighted by Crippen LogP contribution is 2.31. The zero-order valence-electron chi connectivity index (χ0n) is 11.2. The second-order valence-corrected chi connectivity index (χ2v) is 5.47. The molecule has 1 saturated carbocycles. The van der Waals surface area contributed by atoms with Crippen LogP contribution >= 0.6 is 0 Å². The van der Waals surface area contributed by atoms with Gasteiger partial charge in [-0.15, -0.1) is 0 Å². The zero-order chi connectivity index (χ0) is 12.8. The molecule has 0 aromatic heterocycles. The van der Waals surface area contributed by atoms with E-state index in [9.17, 15) is 5.11 Å². The summed E-state index contributed by atoms with van der Waals surface area (Å²) in [7, 11) is 1.80. The maximum Gasteiger partial charge on any atom is 0.191 e. The van der Waals surface area contributed by atoms with Crippen LogP contribution in [-0.4, -0.2) is 50.5 Å². The third kappa shape index (κ3) is 3.36. The number of aliphatic imine (C=N–C) groups is 1. The first-order valence-corrected chi connectivity index (χ1v) is 6.94. The average Bonchev–Trinajstić information content (AvgIpc) is 2.77. The number of hydrogen-bond donors (Lipinski definition) is 3. The van der Waals surface area contributed by atoms with Crippen molar-refractivity contribution in [3.05, 3.63) is 0 Å². The minimum atomic E-state index is 0.0754. The molecule has 3 N–H and O–H groups in total. The molecule has 1 unspecified atom stereocenters. The monoisotopic (exact) mass is 255 g/mol. The van der Waals surface area contributed by atoms with Crippen LogP contribution in [0.1, 0.15) is 32.1 Å². The summed E-state index contributed by atoms with van der Waals surface area (Å²) in [5.74, 6) is 0.879. The van der Waals surface area contributed by atoms with E-state index in [4.69, 9.17) is 4.74 Å². The van der Waals surface area contributed by atoms with Crippen LogP contribution in [-0.2, 0) is 4.74 Å². The Labute approximate surface area is 109 Å². The molecule has 1 aliphatic carbocycles. The first-order valence-electron chi connectivity index (χ1n) is 6.94. The molecule has 2 rings (SSSR count). The van der Waals surface area contributed by atoms with E-state index < -0.39 is 0 Å². The molecule has 0 aromatic carbocycles. The molecule has 0 amide bonds. The van der Waals surface area contributed by atoms with Gasteiger partial charge < -0.3 is 20.5 Å². The van der Waals surface area contributed by atoms with E-state index in [1.54, 1.807) is 7.05 Å². The Bertz CT molecular complexity index is 284. The van der Waals surface area contributed by atoms with Crippen LogP contribution in [0.15, 0.2) is 4.99 Å². The van der Waals surface area contributed by atoms with Crippen molar-refractivity contribution >= 4 is 5.96 Å². The Morgan fingerprint density at radius 2 is 2.33 bits per heavy atom. The highest BCUT2D eigenvalue weighted by atomic mass is 16.5. The molecule has 1 saturated heterocycles. The fourth-order valence-corrected chi connectivity index (χ4v) is 2.52. The summed E-state index contributed by atoms with van der Waals surface area (Å²) in [6.45, 7) is 2.58. The van der Waals surface area contributed by atoms with Gasteiger partial charge in [-0.05, 0) is 32.1 Å². The van der Waals surface area contributed by atoms with Gasteiger partial charge in [-0.1, -0.05) is 0 Å². The van der Waals surface area contributed by atoms with Crippen LogP contribution in [0, 0.1) is 5.41 Å². The van der Waals surface area contributed by atoms with Crippen molar-refractivity contribution < 1.29 is 9.84 Å². The van der Waals surface area contributed by atoms with Gasteiger partial charge in [-0.25, -0.2) is 0 Å². The van der Waals surface area contributed by atoms with Crippen LogP contribution in [0.2, 0.25) is 0 Å². The third-order valence-electron chi connectivity index (χ3n) is 4.13. The summed E-state index contributed by atoms with van der Waals surface area (Å²) in [5.41, 5.74) is 0.0754. The lowest BCUT2D eigenvalue weighted by atomic mass is 9.84. The second kappa shape index (κ2) is 6.38. The highest BCUT2D eigenvalue weighted by Gasteiger charge is 2.34. The minimum Gasteiger partial charge on any atom is -0.396 e. The predicted molar refractivity (Wildman–Crippen MR) is 71.7 cm³/mol. The van der Waals surface area contributed by atoms with E-state index >= 15 is 0 Å². The maximum absolute atomic E-state index is 9.18. The Hall–Kier alpha value is -0.810. The third-order valence-corrected chi connectivity index (χ3v) is 4.13. The minimum absolute atomic E-state index is 0.0754. The van der Waals surface area contributed by atoms with Gasteiger partial charge in [0.1, 0.15) is 0 Å². The molecule has 0 spiro atoms. The molecule has 0 aromatic rings. The Balaban J connectivity index is 1.79. The summed E-state index contributed by atoms with van der Waals surface area (Å²) in [5, 5.41) is 16.0. The van der Waals surface area contributed by atoms with E-state index in [1.165, 1.54) is 19.3 Å². The van der Waals surface area contributed by atoms with Crippen molar-refractivity contribution in [3.8, 4) is 0 Å². The van der Waals surface area contributed by atoms with Gasteiger partial charge >= 0.3 is 0 Å². The molecule has 5 nitrogen and oxygen atoms in total. The van der Waals surface area contributed by atoms with Crippen LogP contribution in [0.4, 0.5) is 0 Å². The Morgan fingerprint density at radius 1 is 1.50 bits per heavy atom. The quantitative estimate of drug-likeness (QED) is 0.494. The summed E-state index contributed by atoms with van der Waals surface area (Å²) in [4.78, 5) is 4.25. The molecule has 0 radical (unpaired) electrons. The lowest BCUT2D eigenvalue weighted by molar-refractivity contribution is 0.127. The Kier molecular flexibility index (Phi) is 4.83. The number of nitrogens with one attached hydrogen (secondary N) is 2. The number of aliphatic hydroxyl groups is 1. The van der Waals surface area contributed by atoms with Crippen LogP contribution in [0.25, 0.3) is 0 Å². The van der Waals surface area contributed by atoms with Gasteiger partial charge in [0.25, 0.3) is 0 Å². The number of ether oxygens (including phenoxy) is 1. The zero-order valence-corrected chi connectivity index (χ0v) is 11.2. The van der Waals surface area contributed by atoms with E-state index in [-0.39, 0.29) is 12.0 Å². The molecule has 2 fully saturated rings. The van der Waals surface area contributed by atoms with Crippen molar-refractivity contribution in [2.45, 2.75) is 38.1 Å². The van der Waals surface area contributed by atoms with Crippen molar-refractivity contribution in [2.24, 2.45) is 10.4 Å². The van der Waals surface area contributed by atoms with Crippen LogP contribution < -0.4 is 10.6 Å². The molecule has 1 atom stereocenters. The summed E-state index contributed by atoms with van der Waals surface area (Å²) < 4.78 is 5.48. The first-order chi connectivity index (χ1) is 8.78. The highest BCUT2D eigenvalue weighted by molar-refractivity contribution is 5.80. The number of rotatable bonds is 5. The molecular weight excluding hydrogens is 230 g/mol. The topological polar surface area (TPSA) is 65.9 Å². The van der Waals surface area contributed by atoms with E-state index in [1.807, 2.05) is 0 Å². The van der Waals surface area contributed by atoms with Gasteiger partial charge in [-0.2, -0.15) is 0 Å². The van der Waals surface area contributed by atoms with Crippen molar-refractivity contribution in [2.75, 3.05) is 33.4 Å². The standard InChI is InChI=1S/C13H25N3O2/c1-14-12(16-11-3-2-4-11)15-9-13(5-7-17)6-8-18-10-13/h11,17H,2-10H2,1H3,(H2,14,15,16). The SMILES string of the molecule is CN=C(NCC1(CCO)CCOC1)NC1CCC1. The number of nitrogens with zero attached hydrogens (tertiary/aromatic N) is 1. The van der Waals surface area contributed by atoms with Crippen LogP contribution in [0.3, 0.4) is 0 Å². The molecule has 1 heterocycles. The fourth-order valence-electron chi connectivity index (χ4n) is 2.52. The van der Waals surface area contributed by atoms with Crippen molar-refractivity contribution in [1.82, 2.24) is 10.6 Å². The van der Waals surface area contributed by atoms with Crippen molar-refractivity contribution in [3.63, 3.8) is 0 Å². The number of aliphatic hydroxyl groups excluding tert-OH is 1. The normalized spacial score (nSPS) is 29.1. The lowest BCUT2D eigenvalue weighted by Crippen LogP contribution is -2.49. The smallest absolute Gasteiger partial charge is 0.191 e. The molecule has 104 valence electrons. The van der Waals surface area contributed by atoms with Gasteiger partial charge in [-0.3, -0.25) is 4.99 Å². The number of hydrogen-bond acceptors (Lipinski definition) is 3. The molecule has 0 bridgehead atoms. The van der Waals surface area contributed by atoms with Gasteiger partial charge in [0, 0.05) is 38.3 Å². The van der Waals surface area contributed by atoms with Crippen LogP contribution in [0.5, 0.6) is 0 Å². The summed E-state index contributed by atoms with van der Waals surface area (Å²) >= 11 is 0. The molecule has 5 heteroatoms. The van der Waals surface area contributed by atoms with Crippen molar-refractivity contribution in [1.29, 1.82) is 0 Å². The molecular formula is C13H25N3O2. The molecule has 1 aliphatic heterocycles. The summed E-state index contributed by atoms with van der Waals surface area (Å²) in [6, 6.07) is 0.588. The van der Waals surface area contributed by atoms with Gasteiger partial charge in [0.2, 0.25) is 0 Å². The maximum atomic E-state index is 9.18. The number of guanidine groups is 1. The molecule has 18 heavy (non-hydrogen) atoms. The van der Waals surface area contributed by atoms with E-state index in [2.05, 4.69) is 15.6 Å². The average molecular weight is 255 g/mol. The van der Waals surface area contributed by atoms with Gasteiger partial charge in [0.15, 0.2) is 5.96 Å². The lowest BCUT2D eigenvalue weighted by Gasteiger charge is -2.31.